The Bertz CT molecular complexity index is 136. The van der Waals surface area contributed by atoms with Gasteiger partial charge in [-0.1, -0.05) is 12.2 Å². The van der Waals surface area contributed by atoms with Gasteiger partial charge in [0.15, 0.2) is 0 Å². The highest BCUT2D eigenvalue weighted by Crippen LogP contribution is 2.24. The molecule has 0 aromatic heterocycles. The molecule has 3 nitrogen and oxygen atoms in total. The maximum absolute atomic E-state index is 9.14. The number of hydrogen-bond donors (Lipinski definition) is 2. The highest BCUT2D eigenvalue weighted by Gasteiger charge is 2.07. The van der Waals surface area contributed by atoms with E-state index in [1.54, 1.807) is 12.2 Å². The van der Waals surface area contributed by atoms with Crippen LogP contribution in [0.4, 0.5) is 0 Å². The van der Waals surface area contributed by atoms with Crippen molar-refractivity contribution in [2.75, 3.05) is 0 Å². The fourth-order valence-electron chi connectivity index (χ4n) is 0.477. The molecule has 0 aliphatic carbocycles. The molecule has 0 aromatic rings. The molecule has 0 bridgehead atoms. The molecule has 0 fully saturated rings. The lowest BCUT2D eigenvalue weighted by atomic mass is 10.5. The van der Waals surface area contributed by atoms with Crippen LogP contribution in [0.25, 0.3) is 0 Å². The quantitative estimate of drug-likeness (QED) is 0.374. The number of aliphatic hydroxyl groups is 2. The fraction of sp³-hybridized carbons (Fsp3) is 0.500. The van der Waals surface area contributed by atoms with E-state index in [0.29, 0.717) is 12.8 Å². The molecule has 2 atom stereocenters. The molecular weight excluding hydrogens is 208 g/mol. The normalized spacial score (nSPS) is 14.9. The second-order valence-electron chi connectivity index (χ2n) is 2.22. The van der Waals surface area contributed by atoms with Gasteiger partial charge in [0.25, 0.3) is 0 Å². The van der Waals surface area contributed by atoms with Gasteiger partial charge >= 0.3 is 0 Å². The summed E-state index contributed by atoms with van der Waals surface area (Å²) in [6.07, 6.45) is 4.13. The van der Waals surface area contributed by atoms with E-state index in [0.717, 1.165) is 24.1 Å². The van der Waals surface area contributed by atoms with Gasteiger partial charge in [0.05, 0.1) is 0 Å². The first-order valence-electron chi connectivity index (χ1n) is 3.77. The second kappa shape index (κ2) is 8.65. The lowest BCUT2D eigenvalue weighted by Gasteiger charge is -2.08. The third-order valence-electron chi connectivity index (χ3n) is 1.04. The van der Waals surface area contributed by atoms with E-state index in [2.05, 4.69) is 13.2 Å². The van der Waals surface area contributed by atoms with Crippen molar-refractivity contribution in [2.24, 2.45) is 0 Å². The maximum Gasteiger partial charge on any atom is 0.130 e. The van der Waals surface area contributed by atoms with E-state index in [-0.39, 0.29) is 0 Å². The van der Waals surface area contributed by atoms with Crippen LogP contribution in [0, 0.1) is 0 Å². The van der Waals surface area contributed by atoms with Crippen LogP contribution in [0.5, 0.6) is 0 Å². The number of rotatable bonds is 8. The molecule has 2 unspecified atom stereocenters. The molecule has 2 N–H and O–H groups in total. The SMILES string of the molecule is C=CCC(O)SOSC(O)CC=C. The molecule has 0 spiro atoms. The largest absolute Gasteiger partial charge is 0.380 e. The van der Waals surface area contributed by atoms with Gasteiger partial charge in [-0.15, -0.1) is 13.2 Å². The molecule has 0 aliphatic heterocycles. The molecule has 0 aromatic carbocycles. The minimum atomic E-state index is -0.624. The topological polar surface area (TPSA) is 49.7 Å². The van der Waals surface area contributed by atoms with E-state index in [1.165, 1.54) is 0 Å². The van der Waals surface area contributed by atoms with Gasteiger partial charge in [0.1, 0.15) is 10.9 Å². The molecule has 0 radical (unpaired) electrons. The molecular formula is C8H14O3S2. The molecule has 0 amide bonds. The number of aliphatic hydroxyl groups excluding tert-OH is 2. The summed E-state index contributed by atoms with van der Waals surface area (Å²) in [7, 11) is 0. The fourth-order valence-corrected chi connectivity index (χ4v) is 1.81. The van der Waals surface area contributed by atoms with Crippen LogP contribution in [-0.4, -0.2) is 21.1 Å². The summed E-state index contributed by atoms with van der Waals surface area (Å²) >= 11 is 1.82. The third-order valence-corrected chi connectivity index (χ3v) is 2.50. The van der Waals surface area contributed by atoms with Crippen LogP contribution in [0.15, 0.2) is 25.3 Å². The van der Waals surface area contributed by atoms with Crippen LogP contribution in [0.3, 0.4) is 0 Å². The average Bonchev–Trinajstić information content (AvgIpc) is 2.05. The Kier molecular flexibility index (Phi) is 8.69. The average molecular weight is 222 g/mol. The van der Waals surface area contributed by atoms with Crippen LogP contribution in [-0.2, 0) is 3.63 Å². The Morgan fingerprint density at radius 1 is 1.08 bits per heavy atom. The van der Waals surface area contributed by atoms with Gasteiger partial charge in [-0.3, -0.25) is 0 Å². The van der Waals surface area contributed by atoms with Crippen molar-refractivity contribution in [1.29, 1.82) is 0 Å². The summed E-state index contributed by atoms with van der Waals surface area (Å²) < 4.78 is 4.90. The van der Waals surface area contributed by atoms with Crippen molar-refractivity contribution in [3.63, 3.8) is 0 Å². The van der Waals surface area contributed by atoms with Crippen LogP contribution in [0.2, 0.25) is 0 Å². The number of hydrogen-bond acceptors (Lipinski definition) is 5. The van der Waals surface area contributed by atoms with Crippen LogP contribution >= 0.6 is 24.1 Å². The summed E-state index contributed by atoms with van der Waals surface area (Å²) in [5, 5.41) is 18.3. The minimum absolute atomic E-state index is 0.461. The molecule has 0 saturated carbocycles. The zero-order valence-corrected chi connectivity index (χ0v) is 8.89. The van der Waals surface area contributed by atoms with Crippen LogP contribution < -0.4 is 0 Å². The molecule has 76 valence electrons. The van der Waals surface area contributed by atoms with E-state index < -0.39 is 10.9 Å². The summed E-state index contributed by atoms with van der Waals surface area (Å²) in [5.41, 5.74) is -1.25. The van der Waals surface area contributed by atoms with Gasteiger partial charge in [-0.05, 0) is 0 Å². The predicted octanol–water partition coefficient (Wildman–Crippen LogP) is 2.09. The highest BCUT2D eigenvalue weighted by atomic mass is 32.2. The van der Waals surface area contributed by atoms with Crippen molar-refractivity contribution in [1.82, 2.24) is 0 Å². The lowest BCUT2D eigenvalue weighted by Crippen LogP contribution is -2.01. The van der Waals surface area contributed by atoms with Gasteiger partial charge in [-0.25, -0.2) is 3.63 Å². The monoisotopic (exact) mass is 222 g/mol. The second-order valence-corrected chi connectivity index (χ2v) is 4.24. The Morgan fingerprint density at radius 3 is 1.77 bits per heavy atom. The Labute approximate surface area is 87.3 Å². The molecule has 0 saturated heterocycles. The van der Waals surface area contributed by atoms with E-state index in [4.69, 9.17) is 13.8 Å². The Balaban J connectivity index is 3.32. The first kappa shape index (κ1) is 13.1. The summed E-state index contributed by atoms with van der Waals surface area (Å²) in [5.74, 6) is 0. The van der Waals surface area contributed by atoms with Crippen LogP contribution in [0.1, 0.15) is 12.8 Å². The molecule has 0 heterocycles. The van der Waals surface area contributed by atoms with Crippen molar-refractivity contribution in [2.45, 2.75) is 23.7 Å². The van der Waals surface area contributed by atoms with E-state index in [1.807, 2.05) is 0 Å². The van der Waals surface area contributed by atoms with Gasteiger partial charge in [-0.2, -0.15) is 0 Å². The van der Waals surface area contributed by atoms with E-state index in [9.17, 15) is 0 Å². The lowest BCUT2D eigenvalue weighted by molar-refractivity contribution is 0.255. The minimum Gasteiger partial charge on any atom is -0.380 e. The first-order valence-corrected chi connectivity index (χ1v) is 5.38. The molecule has 13 heavy (non-hydrogen) atoms. The van der Waals surface area contributed by atoms with Gasteiger partial charge in [0.2, 0.25) is 0 Å². The van der Waals surface area contributed by atoms with Gasteiger partial charge < -0.3 is 10.2 Å². The highest BCUT2D eigenvalue weighted by molar-refractivity contribution is 8.08. The maximum atomic E-state index is 9.14. The summed E-state index contributed by atoms with van der Waals surface area (Å²) in [4.78, 5) is 0. The Hall–Kier alpha value is 0.0600. The molecule has 0 rings (SSSR count). The third kappa shape index (κ3) is 8.39. The summed E-state index contributed by atoms with van der Waals surface area (Å²) in [6.45, 7) is 6.95. The predicted molar refractivity (Wildman–Crippen MR) is 57.9 cm³/mol. The van der Waals surface area contributed by atoms with Gasteiger partial charge in [0, 0.05) is 36.9 Å². The zero-order valence-electron chi connectivity index (χ0n) is 7.26. The standard InChI is InChI=1S/C8H14O3S2/c1-3-5-7(9)12-11-13-8(10)6-4-2/h3-4,7-10H,1-2,5-6H2. The Morgan fingerprint density at radius 2 is 1.46 bits per heavy atom. The smallest absolute Gasteiger partial charge is 0.130 e. The van der Waals surface area contributed by atoms with Crippen molar-refractivity contribution in [3.8, 4) is 0 Å². The van der Waals surface area contributed by atoms with E-state index >= 15 is 0 Å². The molecule has 0 aliphatic rings. The first-order chi connectivity index (χ1) is 6.20. The van der Waals surface area contributed by atoms with Crippen molar-refractivity contribution in [3.05, 3.63) is 25.3 Å². The zero-order chi connectivity index (χ0) is 10.1. The van der Waals surface area contributed by atoms with Crippen molar-refractivity contribution < 1.29 is 13.8 Å². The molecule has 5 heteroatoms. The summed E-state index contributed by atoms with van der Waals surface area (Å²) in [6, 6.07) is 0. The van der Waals surface area contributed by atoms with Crippen molar-refractivity contribution >= 4 is 24.1 Å².